The molecular weight excluding hydrogens is 317 g/mol. The quantitative estimate of drug-likeness (QED) is 0.844. The Morgan fingerprint density at radius 1 is 1.13 bits per heavy atom. The third kappa shape index (κ3) is 3.73. The molecule has 1 aromatic heterocycles. The highest BCUT2D eigenvalue weighted by atomic mass is 32.1. The van der Waals surface area contributed by atoms with Crippen molar-refractivity contribution in [1.29, 1.82) is 0 Å². The molecule has 1 aromatic carbocycles. The maximum atomic E-state index is 12.9. The lowest BCUT2D eigenvalue weighted by Crippen LogP contribution is -2.31. The minimum atomic E-state index is -0.398. The SMILES string of the molecule is CCN(CC)C(=O)c1csc(N(C)C(=O)c2ccc(F)cc2)n1. The summed E-state index contributed by atoms with van der Waals surface area (Å²) >= 11 is 1.22. The van der Waals surface area contributed by atoms with Crippen LogP contribution in [0.2, 0.25) is 0 Å². The summed E-state index contributed by atoms with van der Waals surface area (Å²) in [6.07, 6.45) is 0. The summed E-state index contributed by atoms with van der Waals surface area (Å²) in [5, 5.41) is 2.07. The first-order valence-electron chi connectivity index (χ1n) is 7.26. The number of thiazole rings is 1. The minimum Gasteiger partial charge on any atom is -0.338 e. The molecule has 0 fully saturated rings. The molecule has 122 valence electrons. The average molecular weight is 335 g/mol. The summed E-state index contributed by atoms with van der Waals surface area (Å²) in [6, 6.07) is 5.31. The van der Waals surface area contributed by atoms with Crippen LogP contribution < -0.4 is 4.90 Å². The smallest absolute Gasteiger partial charge is 0.273 e. The Morgan fingerprint density at radius 3 is 2.30 bits per heavy atom. The van der Waals surface area contributed by atoms with Crippen LogP contribution in [-0.4, -0.2) is 41.8 Å². The van der Waals surface area contributed by atoms with Crippen molar-refractivity contribution in [1.82, 2.24) is 9.88 Å². The number of benzene rings is 1. The fourth-order valence-electron chi connectivity index (χ4n) is 2.06. The molecule has 23 heavy (non-hydrogen) atoms. The Hall–Kier alpha value is -2.28. The van der Waals surface area contributed by atoms with Crippen LogP contribution in [0.25, 0.3) is 0 Å². The number of carbonyl (C=O) groups is 2. The van der Waals surface area contributed by atoms with Crippen LogP contribution in [0.3, 0.4) is 0 Å². The van der Waals surface area contributed by atoms with E-state index in [2.05, 4.69) is 4.98 Å². The number of hydrogen-bond donors (Lipinski definition) is 0. The van der Waals surface area contributed by atoms with E-state index in [4.69, 9.17) is 0 Å². The maximum Gasteiger partial charge on any atom is 0.273 e. The van der Waals surface area contributed by atoms with Gasteiger partial charge in [-0.25, -0.2) is 9.37 Å². The predicted molar refractivity (Wildman–Crippen MR) is 88.5 cm³/mol. The zero-order valence-corrected chi connectivity index (χ0v) is 14.1. The molecule has 5 nitrogen and oxygen atoms in total. The average Bonchev–Trinajstić information content (AvgIpc) is 3.05. The Morgan fingerprint density at radius 2 is 1.74 bits per heavy atom. The van der Waals surface area contributed by atoms with Crippen LogP contribution >= 0.6 is 11.3 Å². The molecule has 0 aliphatic heterocycles. The van der Waals surface area contributed by atoms with Crippen LogP contribution in [0.4, 0.5) is 9.52 Å². The van der Waals surface area contributed by atoms with Crippen molar-refractivity contribution in [3.63, 3.8) is 0 Å². The molecule has 0 saturated carbocycles. The molecule has 0 atom stereocenters. The number of carbonyl (C=O) groups excluding carboxylic acids is 2. The maximum absolute atomic E-state index is 12.9. The first-order chi connectivity index (χ1) is 11.0. The van der Waals surface area contributed by atoms with Gasteiger partial charge >= 0.3 is 0 Å². The molecular formula is C16H18FN3O2S. The van der Waals surface area contributed by atoms with Crippen LogP contribution in [0, 0.1) is 5.82 Å². The van der Waals surface area contributed by atoms with Crippen molar-refractivity contribution in [2.75, 3.05) is 25.0 Å². The molecule has 2 rings (SSSR count). The number of rotatable bonds is 5. The summed E-state index contributed by atoms with van der Waals surface area (Å²) in [5.74, 6) is -0.855. The number of nitrogens with zero attached hydrogens (tertiary/aromatic N) is 3. The standard InChI is InChI=1S/C16H18FN3O2S/c1-4-20(5-2)15(22)13-10-23-16(18-13)19(3)14(21)11-6-8-12(17)9-7-11/h6-10H,4-5H2,1-3H3. The van der Waals surface area contributed by atoms with Gasteiger partial charge in [0.05, 0.1) is 0 Å². The Balaban J connectivity index is 2.17. The van der Waals surface area contributed by atoms with Crippen molar-refractivity contribution >= 4 is 28.3 Å². The van der Waals surface area contributed by atoms with Crippen LogP contribution in [0.1, 0.15) is 34.7 Å². The molecule has 1 heterocycles. The van der Waals surface area contributed by atoms with Gasteiger partial charge in [-0.15, -0.1) is 11.3 Å². The Bertz CT molecular complexity index is 696. The van der Waals surface area contributed by atoms with Gasteiger partial charge in [0.15, 0.2) is 5.13 Å². The summed E-state index contributed by atoms with van der Waals surface area (Å²) in [6.45, 7) is 5.01. The van der Waals surface area contributed by atoms with E-state index in [1.165, 1.54) is 40.5 Å². The summed E-state index contributed by atoms with van der Waals surface area (Å²) in [4.78, 5) is 31.9. The van der Waals surface area contributed by atoms with Crippen molar-refractivity contribution in [3.8, 4) is 0 Å². The second kappa shape index (κ2) is 7.32. The van der Waals surface area contributed by atoms with Gasteiger partial charge in [-0.2, -0.15) is 0 Å². The number of anilines is 1. The molecule has 0 N–H and O–H groups in total. The fourth-order valence-corrected chi connectivity index (χ4v) is 2.82. The van der Waals surface area contributed by atoms with E-state index in [9.17, 15) is 14.0 Å². The molecule has 2 aromatic rings. The lowest BCUT2D eigenvalue weighted by molar-refractivity contribution is 0.0767. The highest BCUT2D eigenvalue weighted by molar-refractivity contribution is 7.14. The van der Waals surface area contributed by atoms with Gasteiger partial charge in [-0.3, -0.25) is 14.5 Å². The zero-order valence-electron chi connectivity index (χ0n) is 13.2. The molecule has 0 bridgehead atoms. The molecule has 0 unspecified atom stereocenters. The van der Waals surface area contributed by atoms with Gasteiger partial charge in [0.25, 0.3) is 11.8 Å². The number of aromatic nitrogens is 1. The van der Waals surface area contributed by atoms with E-state index >= 15 is 0 Å². The summed E-state index contributed by atoms with van der Waals surface area (Å²) in [5.41, 5.74) is 0.688. The molecule has 7 heteroatoms. The van der Waals surface area contributed by atoms with Gasteiger partial charge in [0.2, 0.25) is 0 Å². The highest BCUT2D eigenvalue weighted by Gasteiger charge is 2.20. The third-order valence-corrected chi connectivity index (χ3v) is 4.36. The van der Waals surface area contributed by atoms with Gasteiger partial charge < -0.3 is 4.90 Å². The Kier molecular flexibility index (Phi) is 5.44. The van der Waals surface area contributed by atoms with Crippen molar-refractivity contribution in [3.05, 3.63) is 46.7 Å². The van der Waals surface area contributed by atoms with Gasteiger partial charge in [-0.1, -0.05) is 0 Å². The second-order valence-electron chi connectivity index (χ2n) is 4.86. The van der Waals surface area contributed by atoms with E-state index in [1.54, 1.807) is 17.3 Å². The first-order valence-corrected chi connectivity index (χ1v) is 8.14. The van der Waals surface area contributed by atoms with Crippen molar-refractivity contribution in [2.45, 2.75) is 13.8 Å². The van der Waals surface area contributed by atoms with E-state index in [-0.39, 0.29) is 11.8 Å². The van der Waals surface area contributed by atoms with Crippen molar-refractivity contribution in [2.24, 2.45) is 0 Å². The zero-order chi connectivity index (χ0) is 17.0. The lowest BCUT2D eigenvalue weighted by Gasteiger charge is -2.17. The number of amides is 2. The molecule has 0 aliphatic carbocycles. The highest BCUT2D eigenvalue weighted by Crippen LogP contribution is 2.22. The van der Waals surface area contributed by atoms with E-state index in [0.29, 0.717) is 29.5 Å². The monoisotopic (exact) mass is 335 g/mol. The second-order valence-corrected chi connectivity index (χ2v) is 5.70. The van der Waals surface area contributed by atoms with Gasteiger partial charge in [-0.05, 0) is 38.1 Å². The Labute approximate surface area is 138 Å². The largest absolute Gasteiger partial charge is 0.338 e. The van der Waals surface area contributed by atoms with E-state index in [0.717, 1.165) is 0 Å². The van der Waals surface area contributed by atoms with Gasteiger partial charge in [0, 0.05) is 31.1 Å². The summed E-state index contributed by atoms with van der Waals surface area (Å²) in [7, 11) is 1.58. The number of hydrogen-bond acceptors (Lipinski definition) is 4. The first kappa shape index (κ1) is 17.1. The fraction of sp³-hybridized carbons (Fsp3) is 0.312. The molecule has 0 saturated heterocycles. The number of halogens is 1. The van der Waals surface area contributed by atoms with Gasteiger partial charge in [0.1, 0.15) is 11.5 Å². The lowest BCUT2D eigenvalue weighted by atomic mass is 10.2. The minimum absolute atomic E-state index is 0.153. The van der Waals surface area contributed by atoms with E-state index in [1.807, 2.05) is 13.8 Å². The normalized spacial score (nSPS) is 10.4. The molecule has 0 aliphatic rings. The third-order valence-electron chi connectivity index (χ3n) is 3.44. The topological polar surface area (TPSA) is 53.5 Å². The predicted octanol–water partition coefficient (Wildman–Crippen LogP) is 3.04. The molecule has 0 radical (unpaired) electrons. The van der Waals surface area contributed by atoms with Crippen LogP contribution in [-0.2, 0) is 0 Å². The van der Waals surface area contributed by atoms with Crippen LogP contribution in [0.5, 0.6) is 0 Å². The van der Waals surface area contributed by atoms with E-state index < -0.39 is 5.82 Å². The van der Waals surface area contributed by atoms with Crippen LogP contribution in [0.15, 0.2) is 29.6 Å². The summed E-state index contributed by atoms with van der Waals surface area (Å²) < 4.78 is 12.9. The molecule has 0 spiro atoms. The van der Waals surface area contributed by atoms with Crippen molar-refractivity contribution < 1.29 is 14.0 Å². The molecule has 2 amide bonds.